The summed E-state index contributed by atoms with van der Waals surface area (Å²) in [5, 5.41) is 6.59. The Morgan fingerprint density at radius 1 is 1.04 bits per heavy atom. The molecule has 2 aromatic carbocycles. The Labute approximate surface area is 146 Å². The molecule has 2 aromatic rings. The Hall–Kier alpha value is -1.87. The smallest absolute Gasteiger partial charge is 0.255 e. The van der Waals surface area contributed by atoms with Crippen LogP contribution in [0.4, 0.5) is 5.69 Å². The Kier molecular flexibility index (Phi) is 5.34. The number of nitrogens with one attached hydrogen (secondary N) is 1. The quantitative estimate of drug-likeness (QED) is 0.823. The number of sulfonamides is 2. The van der Waals surface area contributed by atoms with Gasteiger partial charge in [0.05, 0.1) is 16.0 Å². The van der Waals surface area contributed by atoms with Crippen LogP contribution in [0.2, 0.25) is 5.02 Å². The van der Waals surface area contributed by atoms with Crippen molar-refractivity contribution in [3.63, 3.8) is 0 Å². The first-order chi connectivity index (χ1) is 11.1. The maximum Gasteiger partial charge on any atom is 0.255 e. The van der Waals surface area contributed by atoms with E-state index in [4.69, 9.17) is 16.7 Å². The van der Waals surface area contributed by atoms with Gasteiger partial charge in [-0.05, 0) is 48.4 Å². The summed E-state index contributed by atoms with van der Waals surface area (Å²) < 4.78 is 49.4. The molecule has 0 saturated heterocycles. The second-order valence-corrected chi connectivity index (χ2v) is 8.59. The van der Waals surface area contributed by atoms with Crippen molar-refractivity contribution in [3.8, 4) is 0 Å². The number of hydrogen-bond acceptors (Lipinski definition) is 4. The highest BCUT2D eigenvalue weighted by atomic mass is 35.5. The van der Waals surface area contributed by atoms with E-state index in [2.05, 4.69) is 4.72 Å². The van der Waals surface area contributed by atoms with Gasteiger partial charge in [0.25, 0.3) is 10.0 Å². The van der Waals surface area contributed by atoms with Gasteiger partial charge in [-0.2, -0.15) is 0 Å². The van der Waals surface area contributed by atoms with Crippen molar-refractivity contribution in [3.05, 3.63) is 64.0 Å². The van der Waals surface area contributed by atoms with E-state index >= 15 is 0 Å². The first-order valence-corrected chi connectivity index (χ1v) is 10.1. The van der Waals surface area contributed by atoms with Crippen molar-refractivity contribution in [2.45, 2.75) is 11.8 Å². The van der Waals surface area contributed by atoms with Crippen LogP contribution in [0, 0.1) is 6.92 Å². The molecule has 0 saturated carbocycles. The molecule has 0 amide bonds. The lowest BCUT2D eigenvalue weighted by Gasteiger charge is -2.09. The lowest BCUT2D eigenvalue weighted by Crippen LogP contribution is -2.14. The fourth-order valence-electron chi connectivity index (χ4n) is 1.82. The average molecular weight is 387 g/mol. The fraction of sp³-hybridized carbons (Fsp3) is 0.0667. The number of halogens is 1. The maximum absolute atomic E-state index is 12.1. The van der Waals surface area contributed by atoms with Gasteiger partial charge in [0, 0.05) is 5.02 Å². The number of primary sulfonamides is 1. The van der Waals surface area contributed by atoms with E-state index < -0.39 is 20.0 Å². The van der Waals surface area contributed by atoms with E-state index in [0.717, 1.165) is 5.41 Å². The highest BCUT2D eigenvalue weighted by molar-refractivity contribution is 7.95. The third-order valence-electron chi connectivity index (χ3n) is 3.10. The predicted molar refractivity (Wildman–Crippen MR) is 95.6 cm³/mol. The van der Waals surface area contributed by atoms with Gasteiger partial charge >= 0.3 is 0 Å². The molecule has 0 aromatic heterocycles. The minimum atomic E-state index is -3.92. The molecule has 9 heteroatoms. The molecular formula is C15H15ClN2O4S2. The van der Waals surface area contributed by atoms with Crippen molar-refractivity contribution >= 4 is 43.4 Å². The number of anilines is 1. The predicted octanol–water partition coefficient (Wildman–Crippen LogP) is 2.71. The number of nitrogens with two attached hydrogens (primary N) is 1. The number of aryl methyl sites for hydroxylation is 1. The van der Waals surface area contributed by atoms with E-state index in [1.807, 2.05) is 0 Å². The number of rotatable bonds is 5. The van der Waals surface area contributed by atoms with Gasteiger partial charge in [-0.3, -0.25) is 4.72 Å². The van der Waals surface area contributed by atoms with Gasteiger partial charge in [-0.25, -0.2) is 22.0 Å². The standard InChI is InChI=1S/C15H15ClN2O4S2/c1-11-2-7-14(24(17,21)22)10-15(11)18-23(19,20)9-8-12-3-5-13(16)6-4-12/h2-10,18H,1H3,(H2,17,21,22)/b9-8+. The van der Waals surface area contributed by atoms with Crippen LogP contribution in [0.25, 0.3) is 6.08 Å². The lowest BCUT2D eigenvalue weighted by molar-refractivity contribution is 0.597. The number of hydrogen-bond donors (Lipinski definition) is 2. The van der Waals surface area contributed by atoms with Crippen LogP contribution in [0.1, 0.15) is 11.1 Å². The van der Waals surface area contributed by atoms with Gasteiger partial charge in [-0.15, -0.1) is 0 Å². The summed E-state index contributed by atoms with van der Waals surface area (Å²) >= 11 is 5.76. The molecule has 6 nitrogen and oxygen atoms in total. The summed E-state index contributed by atoms with van der Waals surface area (Å²) in [6, 6.07) is 10.6. The summed E-state index contributed by atoms with van der Waals surface area (Å²) in [5.41, 5.74) is 1.35. The Morgan fingerprint density at radius 3 is 2.25 bits per heavy atom. The topological polar surface area (TPSA) is 106 Å². The van der Waals surface area contributed by atoms with Crippen LogP contribution in [0.15, 0.2) is 52.8 Å². The van der Waals surface area contributed by atoms with Crippen molar-refractivity contribution in [1.29, 1.82) is 0 Å². The summed E-state index contributed by atoms with van der Waals surface area (Å²) in [4.78, 5) is -0.174. The first-order valence-electron chi connectivity index (χ1n) is 6.67. The second-order valence-electron chi connectivity index (χ2n) is 5.02. The summed E-state index contributed by atoms with van der Waals surface area (Å²) in [6.45, 7) is 1.65. The van der Waals surface area contributed by atoms with E-state index in [-0.39, 0.29) is 10.6 Å². The van der Waals surface area contributed by atoms with Crippen LogP contribution in [0.3, 0.4) is 0 Å². The molecule has 128 valence electrons. The maximum atomic E-state index is 12.1. The van der Waals surface area contributed by atoms with Gasteiger partial charge in [0.1, 0.15) is 0 Å². The molecular weight excluding hydrogens is 372 g/mol. The van der Waals surface area contributed by atoms with Crippen LogP contribution in [-0.2, 0) is 20.0 Å². The van der Waals surface area contributed by atoms with Gasteiger partial charge in [-0.1, -0.05) is 29.8 Å². The monoisotopic (exact) mass is 386 g/mol. The second kappa shape index (κ2) is 6.94. The third kappa shape index (κ3) is 5.07. The molecule has 0 radical (unpaired) electrons. The summed E-state index contributed by atoms with van der Waals surface area (Å²) in [7, 11) is -7.75. The van der Waals surface area contributed by atoms with Gasteiger partial charge in [0.15, 0.2) is 0 Å². The van der Waals surface area contributed by atoms with Crippen molar-refractivity contribution < 1.29 is 16.8 Å². The molecule has 0 unspecified atom stereocenters. The normalized spacial score (nSPS) is 12.5. The molecule has 0 aliphatic heterocycles. The van der Waals surface area contributed by atoms with E-state index in [0.29, 0.717) is 16.1 Å². The van der Waals surface area contributed by atoms with Crippen LogP contribution in [-0.4, -0.2) is 16.8 Å². The minimum absolute atomic E-state index is 0.141. The third-order valence-corrected chi connectivity index (χ3v) is 5.26. The minimum Gasteiger partial charge on any atom is -0.280 e. The molecule has 0 aliphatic carbocycles. The van der Waals surface area contributed by atoms with Gasteiger partial charge < -0.3 is 0 Å². The zero-order valence-electron chi connectivity index (χ0n) is 12.6. The lowest BCUT2D eigenvalue weighted by atomic mass is 10.2. The molecule has 0 spiro atoms. The molecule has 3 N–H and O–H groups in total. The van der Waals surface area contributed by atoms with Gasteiger partial charge in [0.2, 0.25) is 10.0 Å². The Balaban J connectivity index is 2.27. The van der Waals surface area contributed by atoms with E-state index in [1.165, 1.54) is 24.3 Å². The fourth-order valence-corrected chi connectivity index (χ4v) is 3.41. The van der Waals surface area contributed by atoms with E-state index in [9.17, 15) is 16.8 Å². The average Bonchev–Trinajstić information content (AvgIpc) is 2.48. The Morgan fingerprint density at radius 2 is 1.67 bits per heavy atom. The summed E-state index contributed by atoms with van der Waals surface area (Å²) in [6.07, 6.45) is 1.40. The van der Waals surface area contributed by atoms with Crippen molar-refractivity contribution in [2.75, 3.05) is 4.72 Å². The molecule has 0 fully saturated rings. The highest BCUT2D eigenvalue weighted by Crippen LogP contribution is 2.21. The van der Waals surface area contributed by atoms with Crippen LogP contribution < -0.4 is 9.86 Å². The molecule has 0 heterocycles. The molecule has 2 rings (SSSR count). The molecule has 0 bridgehead atoms. The zero-order valence-corrected chi connectivity index (χ0v) is 15.0. The largest absolute Gasteiger partial charge is 0.280 e. The van der Waals surface area contributed by atoms with Crippen molar-refractivity contribution in [1.82, 2.24) is 0 Å². The Bertz CT molecular complexity index is 983. The van der Waals surface area contributed by atoms with Crippen LogP contribution >= 0.6 is 11.6 Å². The first kappa shape index (κ1) is 18.5. The number of benzene rings is 2. The SMILES string of the molecule is Cc1ccc(S(N)(=O)=O)cc1NS(=O)(=O)/C=C/c1ccc(Cl)cc1. The molecule has 0 atom stereocenters. The molecule has 24 heavy (non-hydrogen) atoms. The van der Waals surface area contributed by atoms with Crippen molar-refractivity contribution in [2.24, 2.45) is 5.14 Å². The highest BCUT2D eigenvalue weighted by Gasteiger charge is 2.13. The molecule has 0 aliphatic rings. The van der Waals surface area contributed by atoms with E-state index in [1.54, 1.807) is 31.2 Å². The summed E-state index contributed by atoms with van der Waals surface area (Å²) in [5.74, 6) is 0. The van der Waals surface area contributed by atoms with Crippen LogP contribution in [0.5, 0.6) is 0 Å². The zero-order chi connectivity index (χ0) is 18.0.